The minimum Gasteiger partial charge on any atom is -0.204 e. The summed E-state index contributed by atoms with van der Waals surface area (Å²) >= 11 is 0. The number of benzene rings is 2. The van der Waals surface area contributed by atoms with Crippen LogP contribution in [0.2, 0.25) is 0 Å². The molecule has 0 spiro atoms. The van der Waals surface area contributed by atoms with Crippen molar-refractivity contribution in [1.82, 2.24) is 0 Å². The minimum absolute atomic E-state index is 0.205. The molecule has 0 saturated heterocycles. The monoisotopic (exact) mass is 622 g/mol. The molecule has 4 heteroatoms. The zero-order valence-corrected chi connectivity index (χ0v) is 27.3. The Morgan fingerprint density at radius 3 is 1.22 bits per heavy atom. The van der Waals surface area contributed by atoms with Crippen LogP contribution in [-0.2, 0) is 0 Å². The standard InChI is InChI=1S/C21H28F2.C20H26F2/c1-2-4-15-7-9-16(10-8-15)17-11-13-18(14-12-17)19-5-3-6-20(22)21(19)23;1-2-14-6-8-15(9-7-14)16-10-12-17(13-11-16)18-4-3-5-19(21)20(18)22/h2-6,15-18H,7-14H2,1H3;2-5,14-17H,1,6-13H2/b4-2+;. The number of rotatable bonds is 6. The summed E-state index contributed by atoms with van der Waals surface area (Å²) in [6.45, 7) is 6.02. The second-order valence-electron chi connectivity index (χ2n) is 14.6. The van der Waals surface area contributed by atoms with Crippen molar-refractivity contribution in [1.29, 1.82) is 0 Å². The quantitative estimate of drug-likeness (QED) is 0.222. The van der Waals surface area contributed by atoms with Crippen molar-refractivity contribution in [3.63, 3.8) is 0 Å². The van der Waals surface area contributed by atoms with Crippen molar-refractivity contribution in [3.8, 4) is 0 Å². The largest absolute Gasteiger partial charge is 0.204 e. The van der Waals surface area contributed by atoms with Crippen LogP contribution in [0.1, 0.15) is 133 Å². The first-order chi connectivity index (χ1) is 21.9. The van der Waals surface area contributed by atoms with E-state index >= 15 is 0 Å². The van der Waals surface area contributed by atoms with Crippen LogP contribution < -0.4 is 0 Å². The first-order valence-electron chi connectivity index (χ1n) is 18.0. The molecular weight excluding hydrogens is 568 g/mol. The van der Waals surface area contributed by atoms with Crippen molar-refractivity contribution in [2.45, 2.75) is 121 Å². The average molecular weight is 623 g/mol. The van der Waals surface area contributed by atoms with Crippen LogP contribution in [0.25, 0.3) is 0 Å². The van der Waals surface area contributed by atoms with Gasteiger partial charge in [-0.3, -0.25) is 0 Å². The van der Waals surface area contributed by atoms with E-state index in [4.69, 9.17) is 0 Å². The molecule has 0 bridgehead atoms. The Morgan fingerprint density at radius 1 is 0.511 bits per heavy atom. The topological polar surface area (TPSA) is 0 Å². The van der Waals surface area contributed by atoms with E-state index in [9.17, 15) is 17.6 Å². The Balaban J connectivity index is 0.000000178. The highest BCUT2D eigenvalue weighted by Crippen LogP contribution is 2.46. The van der Waals surface area contributed by atoms with Gasteiger partial charge in [-0.2, -0.15) is 0 Å². The third-order valence-corrected chi connectivity index (χ3v) is 12.2. The highest BCUT2D eigenvalue weighted by Gasteiger charge is 2.33. The predicted molar refractivity (Wildman–Crippen MR) is 178 cm³/mol. The third-order valence-electron chi connectivity index (χ3n) is 12.2. The van der Waals surface area contributed by atoms with Crippen LogP contribution in [0.3, 0.4) is 0 Å². The van der Waals surface area contributed by atoms with Crippen LogP contribution in [-0.4, -0.2) is 0 Å². The summed E-state index contributed by atoms with van der Waals surface area (Å²) in [4.78, 5) is 0. The van der Waals surface area contributed by atoms with Crippen LogP contribution in [0, 0.1) is 58.8 Å². The summed E-state index contributed by atoms with van der Waals surface area (Å²) in [5, 5.41) is 0. The molecule has 4 aliphatic carbocycles. The molecule has 2 aromatic rings. The molecule has 45 heavy (non-hydrogen) atoms. The molecule has 0 nitrogen and oxygen atoms in total. The van der Waals surface area contributed by atoms with Crippen LogP contribution in [0.15, 0.2) is 61.2 Å². The molecule has 0 heterocycles. The van der Waals surface area contributed by atoms with E-state index in [1.807, 2.05) is 0 Å². The van der Waals surface area contributed by atoms with E-state index in [-0.39, 0.29) is 11.8 Å². The maximum Gasteiger partial charge on any atom is 0.162 e. The SMILES string of the molecule is C/C=C/C1CCC(C2CCC(c3cccc(F)c3F)CC2)CC1.C=CC1CCC(C2CCC(c3cccc(F)c3F)CC2)CC1. The minimum atomic E-state index is -0.706. The Bertz CT molecular complexity index is 1230. The van der Waals surface area contributed by atoms with Crippen LogP contribution in [0.4, 0.5) is 17.6 Å². The summed E-state index contributed by atoms with van der Waals surface area (Å²) in [6.07, 6.45) is 26.0. The van der Waals surface area contributed by atoms with Gasteiger partial charge in [0.2, 0.25) is 0 Å². The van der Waals surface area contributed by atoms with Gasteiger partial charge in [0.25, 0.3) is 0 Å². The summed E-state index contributed by atoms with van der Waals surface area (Å²) in [5.41, 5.74) is 1.19. The molecule has 0 aliphatic heterocycles. The Hall–Kier alpha value is -2.36. The third kappa shape index (κ3) is 8.72. The average Bonchev–Trinajstić information content (AvgIpc) is 3.08. The van der Waals surface area contributed by atoms with Gasteiger partial charge in [-0.1, -0.05) is 42.5 Å². The molecule has 0 unspecified atom stereocenters. The summed E-state index contributed by atoms with van der Waals surface area (Å²) in [7, 11) is 0. The number of allylic oxidation sites excluding steroid dienone is 3. The lowest BCUT2D eigenvalue weighted by atomic mass is 9.68. The van der Waals surface area contributed by atoms with Gasteiger partial charge >= 0.3 is 0 Å². The lowest BCUT2D eigenvalue weighted by Gasteiger charge is -2.37. The van der Waals surface area contributed by atoms with E-state index in [1.165, 1.54) is 89.2 Å². The molecular formula is C41H54F4. The van der Waals surface area contributed by atoms with Gasteiger partial charge in [0.1, 0.15) is 0 Å². The number of hydrogen-bond donors (Lipinski definition) is 0. The summed E-state index contributed by atoms with van der Waals surface area (Å²) in [5.74, 6) is 2.55. The van der Waals surface area contributed by atoms with Crippen molar-refractivity contribution in [3.05, 3.63) is 95.6 Å². The highest BCUT2D eigenvalue weighted by molar-refractivity contribution is 5.24. The molecule has 0 radical (unpaired) electrons. The zero-order valence-electron chi connectivity index (χ0n) is 27.3. The first-order valence-corrected chi connectivity index (χ1v) is 18.0. The molecule has 246 valence electrons. The van der Waals surface area contributed by atoms with E-state index in [1.54, 1.807) is 24.3 Å². The molecule has 4 saturated carbocycles. The Labute approximate surface area is 269 Å². The molecule has 0 aromatic heterocycles. The normalized spacial score (nSPS) is 32.5. The van der Waals surface area contributed by atoms with E-state index in [0.29, 0.717) is 17.0 Å². The zero-order chi connectivity index (χ0) is 31.8. The fourth-order valence-electron chi connectivity index (χ4n) is 9.41. The fraction of sp³-hybridized carbons (Fsp3) is 0.610. The molecule has 0 atom stereocenters. The molecule has 4 fully saturated rings. The smallest absolute Gasteiger partial charge is 0.162 e. The van der Waals surface area contributed by atoms with Gasteiger partial charge in [0.05, 0.1) is 0 Å². The van der Waals surface area contributed by atoms with Gasteiger partial charge < -0.3 is 0 Å². The molecule has 6 rings (SSSR count). The molecule has 0 N–H and O–H groups in total. The molecule has 0 amide bonds. The van der Waals surface area contributed by atoms with E-state index in [2.05, 4.69) is 31.7 Å². The van der Waals surface area contributed by atoms with E-state index < -0.39 is 23.3 Å². The van der Waals surface area contributed by atoms with Crippen molar-refractivity contribution >= 4 is 0 Å². The lowest BCUT2D eigenvalue weighted by Crippen LogP contribution is -2.25. The van der Waals surface area contributed by atoms with Gasteiger partial charge in [-0.05, 0) is 180 Å². The maximum atomic E-state index is 14.0. The van der Waals surface area contributed by atoms with Gasteiger partial charge in [-0.15, -0.1) is 6.58 Å². The van der Waals surface area contributed by atoms with Gasteiger partial charge in [0.15, 0.2) is 23.3 Å². The van der Waals surface area contributed by atoms with Gasteiger partial charge in [-0.25, -0.2) is 17.6 Å². The first kappa shape index (κ1) is 34.0. The number of hydrogen-bond acceptors (Lipinski definition) is 0. The second kappa shape index (κ2) is 16.5. The molecule has 2 aromatic carbocycles. The maximum absolute atomic E-state index is 14.0. The van der Waals surface area contributed by atoms with E-state index in [0.717, 1.165) is 55.3 Å². The van der Waals surface area contributed by atoms with Crippen LogP contribution >= 0.6 is 0 Å². The Morgan fingerprint density at radius 2 is 0.867 bits per heavy atom. The summed E-state index contributed by atoms with van der Waals surface area (Å²) in [6, 6.07) is 9.24. The van der Waals surface area contributed by atoms with Gasteiger partial charge in [0, 0.05) is 0 Å². The van der Waals surface area contributed by atoms with Crippen molar-refractivity contribution in [2.24, 2.45) is 35.5 Å². The predicted octanol–water partition coefficient (Wildman–Crippen LogP) is 12.9. The number of halogens is 4. The fourth-order valence-corrected chi connectivity index (χ4v) is 9.41. The van der Waals surface area contributed by atoms with Crippen molar-refractivity contribution < 1.29 is 17.6 Å². The van der Waals surface area contributed by atoms with Crippen molar-refractivity contribution in [2.75, 3.05) is 0 Å². The molecule has 4 aliphatic rings. The summed E-state index contributed by atoms with van der Waals surface area (Å²) < 4.78 is 54.7. The van der Waals surface area contributed by atoms with Crippen LogP contribution in [0.5, 0.6) is 0 Å². The Kier molecular flexibility index (Phi) is 12.4. The highest BCUT2D eigenvalue weighted by atomic mass is 19.2. The lowest BCUT2D eigenvalue weighted by molar-refractivity contribution is 0.170. The second-order valence-corrected chi connectivity index (χ2v) is 14.6.